The molecule has 16 atom stereocenters. The average Bonchev–Trinajstić information content (AvgIpc) is 0.891. The predicted molar refractivity (Wildman–Crippen MR) is 480 cm³/mol. The number of hydrogen-bond acceptors (Lipinski definition) is 29. The first-order valence-electron chi connectivity index (χ1n) is 44.7. The number of aliphatic hydroxyl groups is 4. The normalized spacial score (nSPS) is 27.4. The molecule has 8 rings (SSSR count). The van der Waals surface area contributed by atoms with Gasteiger partial charge in [0.25, 0.3) is 22.8 Å². The van der Waals surface area contributed by atoms with E-state index in [9.17, 15) is 49.2 Å². The van der Waals surface area contributed by atoms with Gasteiger partial charge in [-0.05, 0) is 168 Å². The Labute approximate surface area is 756 Å². The fraction of sp³-hybridized carbons (Fsp3) is 0.656. The number of nitrogen functional groups attached to an aromatic ring is 1. The summed E-state index contributed by atoms with van der Waals surface area (Å²) < 4.78 is 97.1. The molecule has 10 N–H and O–H groups in total. The van der Waals surface area contributed by atoms with Gasteiger partial charge < -0.3 is 119 Å². The van der Waals surface area contributed by atoms with Crippen molar-refractivity contribution < 1.29 is 120 Å². The summed E-state index contributed by atoms with van der Waals surface area (Å²) in [5.41, 5.74) is 17.1. The summed E-state index contributed by atoms with van der Waals surface area (Å²) >= 11 is 6.85. The Hall–Kier alpha value is -7.30. The van der Waals surface area contributed by atoms with Gasteiger partial charge in [-0.15, -0.1) is 11.8 Å². The van der Waals surface area contributed by atoms with Crippen LogP contribution in [-0.4, -0.2) is 301 Å². The summed E-state index contributed by atoms with van der Waals surface area (Å²) in [6.45, 7) is 19.5. The van der Waals surface area contributed by atoms with Crippen molar-refractivity contribution in [2.75, 3.05) is 164 Å². The third kappa shape index (κ3) is 34.1. The Morgan fingerprint density at radius 2 is 1.36 bits per heavy atom. The van der Waals surface area contributed by atoms with E-state index in [0.717, 1.165) is 27.2 Å². The predicted octanol–water partition coefficient (Wildman–Crippen LogP) is 8.47. The number of ketones is 2. The number of amides is 3. The van der Waals surface area contributed by atoms with Crippen LogP contribution in [0.1, 0.15) is 146 Å². The van der Waals surface area contributed by atoms with Crippen molar-refractivity contribution in [1.29, 1.82) is 0 Å². The van der Waals surface area contributed by atoms with Gasteiger partial charge >= 0.3 is 5.97 Å². The fourth-order valence-corrected chi connectivity index (χ4v) is 17.2. The first-order valence-corrected chi connectivity index (χ1v) is 46.1. The summed E-state index contributed by atoms with van der Waals surface area (Å²) in [5.74, 6) is -7.73. The van der Waals surface area contributed by atoms with Crippen LogP contribution in [0.25, 0.3) is 11.1 Å². The molecule has 5 aliphatic rings. The van der Waals surface area contributed by atoms with E-state index in [-0.39, 0.29) is 84.4 Å². The molecule has 5 heterocycles. The van der Waals surface area contributed by atoms with Gasteiger partial charge in [-0.1, -0.05) is 70.2 Å². The van der Waals surface area contributed by atoms with Crippen molar-refractivity contribution in [1.82, 2.24) is 25.4 Å². The molecule has 0 radical (unpaired) electrons. The van der Waals surface area contributed by atoms with Gasteiger partial charge in [0.15, 0.2) is 5.78 Å². The maximum atomic E-state index is 15.7. The van der Waals surface area contributed by atoms with Gasteiger partial charge in [0, 0.05) is 117 Å². The number of esters is 1. The average molecular weight is 1820 g/mol. The Bertz CT molecular complexity index is 4050. The highest BCUT2D eigenvalue weighted by atomic mass is 32.2. The molecule has 2 bridgehead atoms. The van der Waals surface area contributed by atoms with Crippen LogP contribution in [0.2, 0.25) is 0 Å². The molecule has 708 valence electrons. The number of thiocarbonyl (C=S) groups is 1. The van der Waals surface area contributed by atoms with Crippen molar-refractivity contribution in [2.45, 2.75) is 210 Å². The maximum absolute atomic E-state index is 15.7. The molecule has 1 saturated carbocycles. The number of aliphatic hydroxyl groups excluding tert-OH is 3. The number of cyclic esters (lactones) is 1. The minimum Gasteiger partial charge on any atom is -0.491 e. The minimum absolute atomic E-state index is 0.0272. The van der Waals surface area contributed by atoms with Crippen LogP contribution in [0.3, 0.4) is 0 Å². The number of Topliss-reactive ketones (excluding diaryl/α,β-unsaturated/α-hetero) is 2. The number of anilines is 1. The van der Waals surface area contributed by atoms with Crippen molar-refractivity contribution in [3.63, 3.8) is 0 Å². The third-order valence-electron chi connectivity index (χ3n) is 23.7. The molecule has 2 saturated heterocycles. The number of methoxy groups -OCH3 is 2. The number of allylic oxidation sites excluding steroid dienone is 5. The van der Waals surface area contributed by atoms with Gasteiger partial charge in [0.05, 0.1) is 137 Å². The lowest BCUT2D eigenvalue weighted by Gasteiger charge is -2.43. The van der Waals surface area contributed by atoms with Crippen molar-refractivity contribution in [3.05, 3.63) is 119 Å². The first-order chi connectivity index (χ1) is 61.1. The number of pyridine rings is 1. The molecule has 3 fully saturated rings. The van der Waals surface area contributed by atoms with Gasteiger partial charge in [-0.2, -0.15) is 0 Å². The van der Waals surface area contributed by atoms with Crippen LogP contribution in [0.5, 0.6) is 5.75 Å². The minimum atomic E-state index is -2.49. The Kier molecular flexibility index (Phi) is 46.1. The number of benzene rings is 2. The van der Waals surface area contributed by atoms with Crippen molar-refractivity contribution in [2.24, 2.45) is 35.3 Å². The van der Waals surface area contributed by atoms with E-state index in [1.54, 1.807) is 84.2 Å². The van der Waals surface area contributed by atoms with Crippen LogP contribution in [-0.2, 0) is 92.1 Å². The number of aromatic nitrogens is 1. The summed E-state index contributed by atoms with van der Waals surface area (Å²) in [5, 5.41) is 52.7. The van der Waals surface area contributed by atoms with E-state index in [1.165, 1.54) is 11.8 Å². The van der Waals surface area contributed by atoms with Gasteiger partial charge in [-0.25, -0.2) is 14.2 Å². The molecule has 3 aromatic rings. The number of nitrogens with one attached hydrogen (secondary N) is 2. The van der Waals surface area contributed by atoms with Gasteiger partial charge in [0.2, 0.25) is 11.7 Å². The van der Waals surface area contributed by atoms with Crippen LogP contribution < -0.4 is 26.8 Å². The number of carbonyl (C=O) groups is 6. The number of nitrogens with zero attached hydrogens (tertiary/aromatic N) is 3. The second-order valence-corrected chi connectivity index (χ2v) is 34.8. The second kappa shape index (κ2) is 55.8. The van der Waals surface area contributed by atoms with Crippen LogP contribution >= 0.6 is 24.0 Å². The molecule has 1 aliphatic carbocycles. The fourth-order valence-electron chi connectivity index (χ4n) is 16.1. The highest BCUT2D eigenvalue weighted by Gasteiger charge is 2.53. The monoisotopic (exact) mass is 1820 g/mol. The Morgan fingerprint density at radius 3 is 2.01 bits per heavy atom. The SMILES string of the molecule is CO[C@H]1C[C@@H]2CC[C@@H](C)[C@@](O)(O2)C(=O)C(=O)N2CCCC[C@H]2C(=O)O[C@H]([C@H](N)CC2CC[C@@H](OC(=S)NCCOCCOCCOCCOCCOCCOCCOCCOCCC(=O)NCCSc3ccc(C(=O)N4CCOc5ccc(-c6ccc(N)nc6)cc5C4)c(C)c3F)[C@H](OC)C2)C[C@@H](O)[C@H](C)/C=C(\C)[C@@H](O)[C@@H](O)C(=O)[C@H](C)C[C@H](C)/C=C/C=C/C=C/1C. The molecular weight excluding hydrogens is 1680 g/mol. The highest BCUT2D eigenvalue weighted by molar-refractivity contribution is 7.99. The van der Waals surface area contributed by atoms with Gasteiger partial charge in [-0.3, -0.25) is 24.0 Å². The van der Waals surface area contributed by atoms with E-state index in [1.807, 2.05) is 68.5 Å². The molecule has 31 nitrogen and oxygen atoms in total. The van der Waals surface area contributed by atoms with Crippen LogP contribution in [0.4, 0.5) is 10.2 Å². The zero-order valence-corrected chi connectivity index (χ0v) is 77.0. The van der Waals surface area contributed by atoms with Gasteiger partial charge in [0.1, 0.15) is 54.4 Å². The number of nitrogens with two attached hydrogens (primary N) is 2. The number of thioether (sulfide) groups is 1. The molecule has 3 amide bonds. The third-order valence-corrected chi connectivity index (χ3v) is 25.0. The summed E-state index contributed by atoms with van der Waals surface area (Å²) in [4.78, 5) is 90.8. The lowest BCUT2D eigenvalue weighted by atomic mass is 9.80. The molecule has 1 unspecified atom stereocenters. The van der Waals surface area contributed by atoms with E-state index in [4.69, 9.17) is 90.0 Å². The smallest absolute Gasteiger partial charge is 0.329 e. The molecule has 34 heteroatoms. The number of ether oxygens (including phenoxy) is 14. The molecule has 1 aromatic heterocycles. The molecule has 2 aromatic carbocycles. The molecule has 4 aliphatic heterocycles. The number of halogens is 1. The Balaban J connectivity index is 0.636. The maximum Gasteiger partial charge on any atom is 0.329 e. The zero-order valence-electron chi connectivity index (χ0n) is 75.3. The first kappa shape index (κ1) is 105. The topological polar surface area (TPSA) is 408 Å². The highest BCUT2D eigenvalue weighted by Crippen LogP contribution is 2.39. The molecule has 0 spiro atoms. The largest absolute Gasteiger partial charge is 0.491 e. The quantitative estimate of drug-likeness (QED) is 0.00662. The van der Waals surface area contributed by atoms with E-state index in [2.05, 4.69) is 15.6 Å². The number of piperidine rings is 1. The van der Waals surface area contributed by atoms with Crippen molar-refractivity contribution >= 4 is 70.2 Å². The van der Waals surface area contributed by atoms with E-state index in [0.29, 0.717) is 212 Å². The van der Waals surface area contributed by atoms with E-state index >= 15 is 4.39 Å². The summed E-state index contributed by atoms with van der Waals surface area (Å²) in [7, 11) is 3.14. The number of fused-ring (bicyclic) bond motifs is 4. The molecular formula is C93H138FN7O24S2. The standard InChI is InChI=1S/C93H138FN7O24S2/c1-60-15-11-10-12-16-61(2)78(112-8)56-71-22-18-65(6)93(111,125-71)88(107)90(109)101-31-14-13-17-74(101)91(110)123-79(57-75(102)62(3)52-64(5)86(105)87(106)85(104)63(4)51-60)73(95)53-67-19-24-77(80(54-67)113-9)124-92(126)98-29-34-115-37-39-117-41-43-119-45-47-121-49-48-120-46-44-118-42-40-116-38-36-114-33-28-83(103)97-30-50-127-81-26-23-72(66(7)84(81)94)89(108)100-32-35-122-76-25-20-68(55-70(76)59-100)69-21-27-82(96)99-58-69/h10-12,15-16,20-21,23,25-27,52,55,58,60,62-63,65,67,71,73-75,77-80,86-87,102,105-106,111H,13-14,17-19,22,24,28-51,53-54,56-57,59,95H2,1-9H3,(H2,96,99)(H,97,103)(H,98,126)/b12-10+,15-11+,61-16+,64-52+/t60-,62-,63-,65-,67?,71+,73-,74+,75-,77-,78+,79+,80-,86-,87+,93-/m1/s1. The zero-order chi connectivity index (χ0) is 91.8. The Morgan fingerprint density at radius 1 is 0.709 bits per heavy atom. The van der Waals surface area contributed by atoms with E-state index < -0.39 is 114 Å². The lowest BCUT2D eigenvalue weighted by Crippen LogP contribution is -2.61. The van der Waals surface area contributed by atoms with Crippen LogP contribution in [0.15, 0.2) is 101 Å². The number of carbonyl (C=O) groups excluding carboxylic acids is 6. The summed E-state index contributed by atoms with van der Waals surface area (Å²) in [6.07, 6.45) is 9.66. The lowest BCUT2D eigenvalue weighted by molar-refractivity contribution is -0.265. The second-order valence-electron chi connectivity index (χ2n) is 33.3. The molecule has 127 heavy (non-hydrogen) atoms. The van der Waals surface area contributed by atoms with Crippen molar-refractivity contribution in [3.8, 4) is 16.9 Å². The summed E-state index contributed by atoms with van der Waals surface area (Å²) in [6, 6.07) is 10.6. The van der Waals surface area contributed by atoms with Crippen LogP contribution in [0, 0.1) is 42.3 Å². The number of hydrogen-bond donors (Lipinski definition) is 8. The number of rotatable bonds is 39.